The van der Waals surface area contributed by atoms with E-state index in [0.29, 0.717) is 17.3 Å². The van der Waals surface area contributed by atoms with E-state index in [4.69, 9.17) is 10.5 Å². The highest BCUT2D eigenvalue weighted by molar-refractivity contribution is 5.77. The number of hydrogen-bond acceptors (Lipinski definition) is 6. The zero-order chi connectivity index (χ0) is 12.8. The molecule has 94 valence electrons. The Morgan fingerprint density at radius 3 is 3.00 bits per heavy atom. The van der Waals surface area contributed by atoms with Crippen molar-refractivity contribution in [3.8, 4) is 5.75 Å². The van der Waals surface area contributed by atoms with Crippen molar-refractivity contribution < 1.29 is 9.53 Å². The first kappa shape index (κ1) is 11.8. The van der Waals surface area contributed by atoms with Crippen LogP contribution in [0.4, 0.5) is 5.69 Å². The number of nitrogen functional groups attached to an aromatic ring is 1. The largest absolute Gasteiger partial charge is 0.482 e. The Morgan fingerprint density at radius 2 is 2.28 bits per heavy atom. The molecule has 1 heterocycles. The SMILES string of the molecule is Nc1ccccc1OCC(=O)NCc1nn[nH]n1. The molecular weight excluding hydrogens is 236 g/mol. The van der Waals surface area contributed by atoms with E-state index in [1.807, 2.05) is 0 Å². The number of tetrazole rings is 1. The van der Waals surface area contributed by atoms with Crippen molar-refractivity contribution in [2.75, 3.05) is 12.3 Å². The molecule has 2 aromatic rings. The number of ether oxygens (including phenoxy) is 1. The third kappa shape index (κ3) is 3.17. The van der Waals surface area contributed by atoms with E-state index in [1.165, 1.54) is 0 Å². The van der Waals surface area contributed by atoms with Crippen LogP contribution in [0, 0.1) is 0 Å². The second kappa shape index (κ2) is 5.62. The van der Waals surface area contributed by atoms with Crippen molar-refractivity contribution in [1.29, 1.82) is 0 Å². The molecule has 2 rings (SSSR count). The Kier molecular flexibility index (Phi) is 3.69. The number of H-pyrrole nitrogens is 1. The fourth-order valence-electron chi connectivity index (χ4n) is 1.24. The molecule has 0 unspecified atom stereocenters. The number of anilines is 1. The number of aromatic nitrogens is 4. The van der Waals surface area contributed by atoms with Gasteiger partial charge in [0.15, 0.2) is 12.4 Å². The molecule has 0 radical (unpaired) electrons. The fraction of sp³-hybridized carbons (Fsp3) is 0.200. The van der Waals surface area contributed by atoms with Crippen LogP contribution in [0.1, 0.15) is 5.82 Å². The predicted octanol–water partition coefficient (Wildman–Crippen LogP) is -0.523. The normalized spacial score (nSPS) is 10.0. The van der Waals surface area contributed by atoms with E-state index < -0.39 is 0 Å². The first-order valence-electron chi connectivity index (χ1n) is 5.22. The first-order chi connectivity index (χ1) is 8.75. The van der Waals surface area contributed by atoms with Crippen LogP contribution in [0.5, 0.6) is 5.75 Å². The van der Waals surface area contributed by atoms with Crippen LogP contribution in [-0.2, 0) is 11.3 Å². The molecule has 0 fully saturated rings. The summed E-state index contributed by atoms with van der Waals surface area (Å²) < 4.78 is 5.27. The Morgan fingerprint density at radius 1 is 1.44 bits per heavy atom. The molecule has 1 amide bonds. The highest BCUT2D eigenvalue weighted by Crippen LogP contribution is 2.19. The summed E-state index contributed by atoms with van der Waals surface area (Å²) in [6.45, 7) is 0.0784. The second-order valence-electron chi connectivity index (χ2n) is 3.43. The second-order valence-corrected chi connectivity index (χ2v) is 3.43. The van der Waals surface area contributed by atoms with Crippen molar-refractivity contribution in [1.82, 2.24) is 25.9 Å². The minimum atomic E-state index is -0.289. The van der Waals surface area contributed by atoms with Gasteiger partial charge >= 0.3 is 0 Å². The number of amides is 1. The van der Waals surface area contributed by atoms with E-state index in [-0.39, 0.29) is 19.1 Å². The van der Waals surface area contributed by atoms with Crippen LogP contribution in [-0.4, -0.2) is 33.1 Å². The summed E-state index contributed by atoms with van der Waals surface area (Å²) in [5.41, 5.74) is 6.16. The molecule has 0 aliphatic rings. The van der Waals surface area contributed by atoms with Crippen molar-refractivity contribution >= 4 is 11.6 Å². The number of rotatable bonds is 5. The molecule has 8 nitrogen and oxygen atoms in total. The first-order valence-corrected chi connectivity index (χ1v) is 5.22. The maximum atomic E-state index is 11.5. The van der Waals surface area contributed by atoms with Crippen molar-refractivity contribution in [3.05, 3.63) is 30.1 Å². The van der Waals surface area contributed by atoms with Gasteiger partial charge < -0.3 is 15.8 Å². The van der Waals surface area contributed by atoms with Crippen LogP contribution in [0.2, 0.25) is 0 Å². The summed E-state index contributed by atoms with van der Waals surface area (Å²) in [4.78, 5) is 11.5. The summed E-state index contributed by atoms with van der Waals surface area (Å²) in [5.74, 6) is 0.595. The number of para-hydroxylation sites is 2. The lowest BCUT2D eigenvalue weighted by Gasteiger charge is -2.08. The number of aromatic amines is 1. The number of nitrogens with one attached hydrogen (secondary N) is 2. The van der Waals surface area contributed by atoms with E-state index in [1.54, 1.807) is 24.3 Å². The third-order valence-corrected chi connectivity index (χ3v) is 2.11. The molecule has 18 heavy (non-hydrogen) atoms. The number of carbonyl (C=O) groups is 1. The van der Waals surface area contributed by atoms with Gasteiger partial charge in [0, 0.05) is 0 Å². The summed E-state index contributed by atoms with van der Waals surface area (Å²) in [6, 6.07) is 6.97. The van der Waals surface area contributed by atoms with Gasteiger partial charge in [0.05, 0.1) is 12.2 Å². The van der Waals surface area contributed by atoms with E-state index in [0.717, 1.165) is 0 Å². The van der Waals surface area contributed by atoms with Gasteiger partial charge in [0.2, 0.25) is 0 Å². The number of benzene rings is 1. The van der Waals surface area contributed by atoms with Crippen LogP contribution >= 0.6 is 0 Å². The zero-order valence-corrected chi connectivity index (χ0v) is 9.46. The summed E-state index contributed by atoms with van der Waals surface area (Å²) >= 11 is 0. The highest BCUT2D eigenvalue weighted by Gasteiger charge is 2.06. The van der Waals surface area contributed by atoms with Crippen LogP contribution in [0.25, 0.3) is 0 Å². The smallest absolute Gasteiger partial charge is 0.258 e. The van der Waals surface area contributed by atoms with Gasteiger partial charge in [-0.3, -0.25) is 4.79 Å². The number of nitrogens with two attached hydrogens (primary N) is 1. The fourth-order valence-corrected chi connectivity index (χ4v) is 1.24. The zero-order valence-electron chi connectivity index (χ0n) is 9.46. The minimum Gasteiger partial charge on any atom is -0.482 e. The molecule has 0 saturated carbocycles. The Labute approximate surface area is 103 Å². The van der Waals surface area contributed by atoms with Crippen molar-refractivity contribution in [2.45, 2.75) is 6.54 Å². The molecule has 0 atom stereocenters. The van der Waals surface area contributed by atoms with Gasteiger partial charge in [0.25, 0.3) is 5.91 Å². The summed E-state index contributed by atoms with van der Waals surface area (Å²) in [7, 11) is 0. The monoisotopic (exact) mass is 248 g/mol. The average molecular weight is 248 g/mol. The summed E-state index contributed by atoms with van der Waals surface area (Å²) in [5, 5.41) is 15.6. The Balaban J connectivity index is 1.77. The Hall–Kier alpha value is -2.64. The quantitative estimate of drug-likeness (QED) is 0.612. The van der Waals surface area contributed by atoms with Crippen molar-refractivity contribution in [2.24, 2.45) is 0 Å². The minimum absolute atomic E-state index is 0.119. The van der Waals surface area contributed by atoms with Crippen molar-refractivity contribution in [3.63, 3.8) is 0 Å². The maximum absolute atomic E-state index is 11.5. The van der Waals surface area contributed by atoms with Gasteiger partial charge in [-0.25, -0.2) is 0 Å². The van der Waals surface area contributed by atoms with Crippen LogP contribution in [0.3, 0.4) is 0 Å². The van der Waals surface area contributed by atoms with Crippen LogP contribution < -0.4 is 15.8 Å². The molecule has 0 aliphatic carbocycles. The highest BCUT2D eigenvalue weighted by atomic mass is 16.5. The number of carbonyl (C=O) groups excluding carboxylic acids is 1. The molecule has 4 N–H and O–H groups in total. The van der Waals surface area contributed by atoms with Gasteiger partial charge in [-0.05, 0) is 12.1 Å². The molecule has 0 saturated heterocycles. The molecule has 1 aromatic heterocycles. The molecule has 0 bridgehead atoms. The number of nitrogens with zero attached hydrogens (tertiary/aromatic N) is 3. The van der Waals surface area contributed by atoms with Crippen LogP contribution in [0.15, 0.2) is 24.3 Å². The Bertz CT molecular complexity index is 513. The standard InChI is InChI=1S/C10H12N6O2/c11-7-3-1-2-4-8(7)18-6-10(17)12-5-9-13-15-16-14-9/h1-4H,5-6,11H2,(H,12,17)(H,13,14,15,16). The van der Waals surface area contributed by atoms with Gasteiger partial charge in [-0.1, -0.05) is 17.3 Å². The van der Waals surface area contributed by atoms with E-state index >= 15 is 0 Å². The maximum Gasteiger partial charge on any atom is 0.258 e. The van der Waals surface area contributed by atoms with Gasteiger partial charge in [-0.2, -0.15) is 5.21 Å². The topological polar surface area (TPSA) is 119 Å². The molecule has 8 heteroatoms. The third-order valence-electron chi connectivity index (χ3n) is 2.11. The summed E-state index contributed by atoms with van der Waals surface area (Å²) in [6.07, 6.45) is 0. The van der Waals surface area contributed by atoms with E-state index in [9.17, 15) is 4.79 Å². The molecule has 0 aliphatic heterocycles. The lowest BCUT2D eigenvalue weighted by atomic mass is 10.3. The van der Waals surface area contributed by atoms with Gasteiger partial charge in [0.1, 0.15) is 5.75 Å². The molecule has 0 spiro atoms. The lowest BCUT2D eigenvalue weighted by molar-refractivity contribution is -0.123. The van der Waals surface area contributed by atoms with E-state index in [2.05, 4.69) is 25.9 Å². The predicted molar refractivity (Wildman–Crippen MR) is 62.4 cm³/mol. The average Bonchev–Trinajstić information content (AvgIpc) is 2.88. The molecule has 1 aromatic carbocycles. The number of hydrogen-bond donors (Lipinski definition) is 3. The van der Waals surface area contributed by atoms with Gasteiger partial charge in [-0.15, -0.1) is 10.2 Å². The molecular formula is C10H12N6O2. The lowest BCUT2D eigenvalue weighted by Crippen LogP contribution is -2.28.